The highest BCUT2D eigenvalue weighted by Gasteiger charge is 2.18. The van der Waals surface area contributed by atoms with Crippen LogP contribution in [0.5, 0.6) is 0 Å². The first-order valence-corrected chi connectivity index (χ1v) is 7.46. The maximum atomic E-state index is 4.65. The Kier molecular flexibility index (Phi) is 4.81. The van der Waals surface area contributed by atoms with Gasteiger partial charge in [-0.15, -0.1) is 27.2 Å². The average Bonchev–Trinajstić information content (AvgIpc) is 2.81. The molecule has 0 unspecified atom stereocenters. The van der Waals surface area contributed by atoms with Crippen LogP contribution in [-0.4, -0.2) is 26.3 Å². The normalized spacial score (nSPS) is 13.5. The zero-order valence-electron chi connectivity index (χ0n) is 10.2. The maximum Gasteiger partial charge on any atom is 0.212 e. The smallest absolute Gasteiger partial charge is 0.191 e. The lowest BCUT2D eigenvalue weighted by molar-refractivity contribution is 0.714. The zero-order valence-corrected chi connectivity index (χ0v) is 14.3. The monoisotopic (exact) mass is 402 g/mol. The lowest BCUT2D eigenvalue weighted by Gasteiger charge is -2.13. The molecular weight excluding hydrogens is 392 g/mol. The van der Waals surface area contributed by atoms with Gasteiger partial charge in [0.1, 0.15) is 0 Å². The van der Waals surface area contributed by atoms with Crippen molar-refractivity contribution in [2.45, 2.75) is 18.5 Å². The van der Waals surface area contributed by atoms with Gasteiger partial charge < -0.3 is 0 Å². The van der Waals surface area contributed by atoms with Crippen molar-refractivity contribution in [3.63, 3.8) is 0 Å². The second kappa shape index (κ2) is 6.19. The summed E-state index contributed by atoms with van der Waals surface area (Å²) < 4.78 is 2.93. The van der Waals surface area contributed by atoms with Crippen LogP contribution < -0.4 is 0 Å². The predicted molar refractivity (Wildman–Crippen MR) is 86.5 cm³/mol. The summed E-state index contributed by atoms with van der Waals surface area (Å²) >= 11 is 5.12. The summed E-state index contributed by atoms with van der Waals surface area (Å²) in [6.45, 7) is 2.06. The fraction of sp³-hybridized carbons (Fsp3) is 0.250. The molecule has 0 aliphatic carbocycles. The van der Waals surface area contributed by atoms with E-state index in [9.17, 15) is 0 Å². The number of halogens is 2. The number of aromatic nitrogens is 3. The highest BCUT2D eigenvalue weighted by Crippen LogP contribution is 2.24. The molecule has 0 amide bonds. The van der Waals surface area contributed by atoms with E-state index in [1.165, 1.54) is 0 Å². The molecule has 4 nitrogen and oxygen atoms in total. The summed E-state index contributed by atoms with van der Waals surface area (Å²) in [5, 5.41) is 13.8. The van der Waals surface area contributed by atoms with Crippen molar-refractivity contribution >= 4 is 50.4 Å². The van der Waals surface area contributed by atoms with Gasteiger partial charge in [-0.05, 0) is 17.7 Å². The maximum absolute atomic E-state index is 4.65. The van der Waals surface area contributed by atoms with Crippen LogP contribution in [0.3, 0.4) is 0 Å². The van der Waals surface area contributed by atoms with Gasteiger partial charge in [-0.25, -0.2) is 0 Å². The van der Waals surface area contributed by atoms with Crippen LogP contribution in [0.25, 0.3) is 0 Å². The number of rotatable bonds is 2. The van der Waals surface area contributed by atoms with Crippen molar-refractivity contribution in [2.75, 3.05) is 5.75 Å². The lowest BCUT2D eigenvalue weighted by atomic mass is 10.1. The van der Waals surface area contributed by atoms with Crippen LogP contribution in [0.15, 0.2) is 39.0 Å². The molecule has 1 aromatic carbocycles. The Balaban J connectivity index is 0.00000133. The highest BCUT2D eigenvalue weighted by atomic mass is 79.9. The molecule has 2 aromatic rings. The molecule has 1 aromatic heterocycles. The summed E-state index contributed by atoms with van der Waals surface area (Å²) in [6, 6.07) is 8.21. The molecule has 1 aliphatic heterocycles. The molecule has 3 rings (SSSR count). The number of aryl methyl sites for hydroxylation is 1. The van der Waals surface area contributed by atoms with Gasteiger partial charge in [0.15, 0.2) is 5.82 Å². The molecule has 7 heteroatoms. The third-order valence-corrected chi connectivity index (χ3v) is 4.19. The first-order valence-electron chi connectivity index (χ1n) is 5.69. The highest BCUT2D eigenvalue weighted by molar-refractivity contribution is 9.10. The average molecular weight is 404 g/mol. The molecule has 0 saturated heterocycles. The number of hydrogen-bond donors (Lipinski definition) is 0. The summed E-state index contributed by atoms with van der Waals surface area (Å²) in [4.78, 5) is 0. The van der Waals surface area contributed by atoms with Crippen molar-refractivity contribution in [1.82, 2.24) is 14.9 Å². The summed E-state index contributed by atoms with van der Waals surface area (Å²) in [6.07, 6.45) is 0.838. The third kappa shape index (κ3) is 2.93. The first kappa shape index (κ1) is 14.7. The SMILES string of the molecule is Br.CCc1nnc2n1N=C(c1ccc(Br)cc1)CS2. The van der Waals surface area contributed by atoms with Crippen LogP contribution in [-0.2, 0) is 6.42 Å². The van der Waals surface area contributed by atoms with Crippen LogP contribution in [0.4, 0.5) is 0 Å². The van der Waals surface area contributed by atoms with E-state index in [1.807, 2.05) is 16.8 Å². The van der Waals surface area contributed by atoms with Gasteiger partial charge in [-0.1, -0.05) is 46.7 Å². The molecule has 100 valence electrons. The number of hydrogen-bond acceptors (Lipinski definition) is 4. The molecule has 0 saturated carbocycles. The van der Waals surface area contributed by atoms with E-state index in [0.29, 0.717) is 0 Å². The summed E-state index contributed by atoms with van der Waals surface area (Å²) in [7, 11) is 0. The van der Waals surface area contributed by atoms with E-state index in [2.05, 4.69) is 50.3 Å². The minimum atomic E-state index is 0. The van der Waals surface area contributed by atoms with Crippen molar-refractivity contribution in [3.05, 3.63) is 40.1 Å². The number of nitrogens with zero attached hydrogens (tertiary/aromatic N) is 4. The molecule has 0 fully saturated rings. The molecule has 0 bridgehead atoms. The van der Waals surface area contributed by atoms with Gasteiger partial charge in [0, 0.05) is 16.6 Å². The Morgan fingerprint density at radius 1 is 1.26 bits per heavy atom. The predicted octanol–water partition coefficient (Wildman–Crippen LogP) is 3.54. The molecule has 0 atom stereocenters. The van der Waals surface area contributed by atoms with Crippen LogP contribution in [0.1, 0.15) is 18.3 Å². The molecule has 0 radical (unpaired) electrons. The van der Waals surface area contributed by atoms with Crippen LogP contribution in [0, 0.1) is 0 Å². The zero-order chi connectivity index (χ0) is 12.5. The quantitative estimate of drug-likeness (QED) is 0.770. The van der Waals surface area contributed by atoms with Gasteiger partial charge in [-0.2, -0.15) is 9.78 Å². The fourth-order valence-corrected chi connectivity index (χ4v) is 2.89. The number of benzene rings is 1. The van der Waals surface area contributed by atoms with Gasteiger partial charge in [0.2, 0.25) is 5.16 Å². The fourth-order valence-electron chi connectivity index (χ4n) is 1.77. The van der Waals surface area contributed by atoms with Gasteiger partial charge >= 0.3 is 0 Å². The molecule has 19 heavy (non-hydrogen) atoms. The van der Waals surface area contributed by atoms with Gasteiger partial charge in [0.05, 0.1) is 5.71 Å². The molecule has 0 spiro atoms. The first-order chi connectivity index (χ1) is 8.78. The Labute approximate surface area is 134 Å². The van der Waals surface area contributed by atoms with E-state index in [0.717, 1.165) is 38.9 Å². The minimum absolute atomic E-state index is 0. The van der Waals surface area contributed by atoms with Crippen molar-refractivity contribution in [2.24, 2.45) is 5.10 Å². The third-order valence-electron chi connectivity index (χ3n) is 2.73. The van der Waals surface area contributed by atoms with E-state index in [-0.39, 0.29) is 17.0 Å². The standard InChI is InChI=1S/C12H11BrN4S.BrH/c1-2-11-14-15-12-17(11)16-10(7-18-12)8-3-5-9(13)6-4-8;/h3-6H,2,7H2,1H3;1H. The van der Waals surface area contributed by atoms with Gasteiger partial charge in [0.25, 0.3) is 0 Å². The topological polar surface area (TPSA) is 43.1 Å². The van der Waals surface area contributed by atoms with Gasteiger partial charge in [-0.3, -0.25) is 0 Å². The lowest BCUT2D eigenvalue weighted by Crippen LogP contribution is -2.14. The Morgan fingerprint density at radius 3 is 2.68 bits per heavy atom. The number of fused-ring (bicyclic) bond motifs is 1. The summed E-state index contributed by atoms with van der Waals surface area (Å²) in [5.74, 6) is 1.75. The van der Waals surface area contributed by atoms with E-state index in [1.54, 1.807) is 11.8 Å². The minimum Gasteiger partial charge on any atom is -0.191 e. The Morgan fingerprint density at radius 2 is 2.00 bits per heavy atom. The van der Waals surface area contributed by atoms with E-state index >= 15 is 0 Å². The molecule has 1 aliphatic rings. The van der Waals surface area contributed by atoms with E-state index < -0.39 is 0 Å². The van der Waals surface area contributed by atoms with Crippen LogP contribution >= 0.6 is 44.7 Å². The Hall–Kier alpha value is -0.660. The van der Waals surface area contributed by atoms with Crippen molar-refractivity contribution < 1.29 is 0 Å². The second-order valence-electron chi connectivity index (χ2n) is 3.91. The molecule has 2 heterocycles. The Bertz CT molecular complexity index is 607. The van der Waals surface area contributed by atoms with Crippen molar-refractivity contribution in [3.8, 4) is 0 Å². The van der Waals surface area contributed by atoms with Crippen LogP contribution in [0.2, 0.25) is 0 Å². The largest absolute Gasteiger partial charge is 0.212 e. The van der Waals surface area contributed by atoms with E-state index in [4.69, 9.17) is 0 Å². The number of thioether (sulfide) groups is 1. The molecular formula is C12H12Br2N4S. The van der Waals surface area contributed by atoms with Crippen molar-refractivity contribution in [1.29, 1.82) is 0 Å². The summed E-state index contributed by atoms with van der Waals surface area (Å²) in [5.41, 5.74) is 2.21. The molecule has 0 N–H and O–H groups in total. The second-order valence-corrected chi connectivity index (χ2v) is 5.76.